The van der Waals surface area contributed by atoms with Crippen LogP contribution in [0.15, 0.2) is 42.5 Å². The van der Waals surface area contributed by atoms with Crippen molar-refractivity contribution < 1.29 is 14.3 Å². The van der Waals surface area contributed by atoms with E-state index in [1.54, 1.807) is 32.4 Å². The van der Waals surface area contributed by atoms with Gasteiger partial charge in [0.1, 0.15) is 11.5 Å². The number of carbonyl (C=O) groups excluding carboxylic acids is 1. The van der Waals surface area contributed by atoms with Crippen LogP contribution >= 0.6 is 0 Å². The quantitative estimate of drug-likeness (QED) is 0.829. The maximum atomic E-state index is 12.5. The molecule has 2 aromatic rings. The maximum absolute atomic E-state index is 12.5. The molecule has 1 fully saturated rings. The smallest absolute Gasteiger partial charge is 0.255 e. The molecule has 0 aromatic heterocycles. The zero-order valence-corrected chi connectivity index (χ0v) is 15.5. The van der Waals surface area contributed by atoms with Crippen LogP contribution < -0.4 is 14.8 Å². The van der Waals surface area contributed by atoms with E-state index in [1.807, 2.05) is 0 Å². The lowest BCUT2D eigenvalue weighted by Gasteiger charge is -2.15. The van der Waals surface area contributed by atoms with E-state index in [4.69, 9.17) is 9.47 Å². The van der Waals surface area contributed by atoms with Gasteiger partial charge in [0.2, 0.25) is 0 Å². The molecule has 1 aliphatic heterocycles. The lowest BCUT2D eigenvalue weighted by atomic mass is 10.1. The number of amides is 1. The number of rotatable bonds is 7. The topological polar surface area (TPSA) is 50.8 Å². The molecule has 2 aromatic carbocycles. The first-order chi connectivity index (χ1) is 12.7. The van der Waals surface area contributed by atoms with Crippen molar-refractivity contribution in [1.29, 1.82) is 0 Å². The molecule has 1 amide bonds. The van der Waals surface area contributed by atoms with E-state index in [0.717, 1.165) is 12.1 Å². The Morgan fingerprint density at radius 1 is 1.00 bits per heavy atom. The zero-order valence-electron chi connectivity index (χ0n) is 15.5. The summed E-state index contributed by atoms with van der Waals surface area (Å²) >= 11 is 0. The third-order valence-electron chi connectivity index (χ3n) is 4.73. The SMILES string of the molecule is COc1ccc(OC)c(C(=O)NCc2ccc(CN3CCCC3)cc2)c1. The van der Waals surface area contributed by atoms with Crippen molar-refractivity contribution in [2.24, 2.45) is 0 Å². The summed E-state index contributed by atoms with van der Waals surface area (Å²) in [6.45, 7) is 3.87. The second-order valence-corrected chi connectivity index (χ2v) is 6.55. The number of benzene rings is 2. The number of ether oxygens (including phenoxy) is 2. The molecule has 5 heteroatoms. The van der Waals surface area contributed by atoms with Crippen LogP contribution in [0.25, 0.3) is 0 Å². The normalized spacial score (nSPS) is 14.2. The Hall–Kier alpha value is -2.53. The number of methoxy groups -OCH3 is 2. The van der Waals surface area contributed by atoms with Gasteiger partial charge in [-0.15, -0.1) is 0 Å². The highest BCUT2D eigenvalue weighted by Gasteiger charge is 2.14. The summed E-state index contributed by atoms with van der Waals surface area (Å²) in [7, 11) is 3.13. The first-order valence-electron chi connectivity index (χ1n) is 9.00. The summed E-state index contributed by atoms with van der Waals surface area (Å²) < 4.78 is 10.5. The van der Waals surface area contributed by atoms with Crippen LogP contribution in [0.5, 0.6) is 11.5 Å². The molecule has 3 rings (SSSR count). The lowest BCUT2D eigenvalue weighted by Crippen LogP contribution is -2.23. The van der Waals surface area contributed by atoms with Crippen LogP contribution in [0.1, 0.15) is 34.3 Å². The molecule has 0 bridgehead atoms. The van der Waals surface area contributed by atoms with Crippen LogP contribution in [-0.2, 0) is 13.1 Å². The van der Waals surface area contributed by atoms with Gasteiger partial charge < -0.3 is 14.8 Å². The number of nitrogens with one attached hydrogen (secondary N) is 1. The number of carbonyl (C=O) groups is 1. The molecule has 1 saturated heterocycles. The van der Waals surface area contributed by atoms with Crippen molar-refractivity contribution in [2.75, 3.05) is 27.3 Å². The number of likely N-dealkylation sites (tertiary alicyclic amines) is 1. The Morgan fingerprint density at radius 2 is 1.69 bits per heavy atom. The molecule has 5 nitrogen and oxygen atoms in total. The van der Waals surface area contributed by atoms with E-state index < -0.39 is 0 Å². The summed E-state index contributed by atoms with van der Waals surface area (Å²) in [5.41, 5.74) is 2.86. The second-order valence-electron chi connectivity index (χ2n) is 6.55. The van der Waals surface area contributed by atoms with Gasteiger partial charge in [0.15, 0.2) is 0 Å². The Balaban J connectivity index is 1.59. The maximum Gasteiger partial charge on any atom is 0.255 e. The summed E-state index contributed by atoms with van der Waals surface area (Å²) in [5.74, 6) is 0.980. The molecular weight excluding hydrogens is 328 g/mol. The van der Waals surface area contributed by atoms with Crippen molar-refractivity contribution in [2.45, 2.75) is 25.9 Å². The zero-order chi connectivity index (χ0) is 18.4. The van der Waals surface area contributed by atoms with Crippen LogP contribution in [0, 0.1) is 0 Å². The predicted octanol–water partition coefficient (Wildman–Crippen LogP) is 3.23. The minimum atomic E-state index is -0.179. The molecule has 1 aliphatic rings. The van der Waals surface area contributed by atoms with Gasteiger partial charge in [0.05, 0.1) is 19.8 Å². The molecule has 138 valence electrons. The summed E-state index contributed by atoms with van der Waals surface area (Å²) in [6, 6.07) is 13.6. The van der Waals surface area contributed by atoms with Gasteiger partial charge >= 0.3 is 0 Å². The van der Waals surface area contributed by atoms with Crippen LogP contribution in [0.3, 0.4) is 0 Å². The standard InChI is InChI=1S/C21H26N2O3/c1-25-18-9-10-20(26-2)19(13-18)21(24)22-14-16-5-7-17(8-6-16)15-23-11-3-4-12-23/h5-10,13H,3-4,11-12,14-15H2,1-2H3,(H,22,24). The fraction of sp³-hybridized carbons (Fsp3) is 0.381. The highest BCUT2D eigenvalue weighted by molar-refractivity contribution is 5.97. The molecule has 26 heavy (non-hydrogen) atoms. The van der Waals surface area contributed by atoms with Crippen molar-refractivity contribution in [3.63, 3.8) is 0 Å². The molecule has 1 heterocycles. The Bertz CT molecular complexity index is 737. The van der Waals surface area contributed by atoms with Gasteiger partial charge in [-0.2, -0.15) is 0 Å². The molecular formula is C21H26N2O3. The Kier molecular flexibility index (Phi) is 6.12. The third-order valence-corrected chi connectivity index (χ3v) is 4.73. The van der Waals surface area contributed by atoms with E-state index in [1.165, 1.54) is 31.5 Å². The monoisotopic (exact) mass is 354 g/mol. The lowest BCUT2D eigenvalue weighted by molar-refractivity contribution is 0.0947. The van der Waals surface area contributed by atoms with E-state index in [0.29, 0.717) is 23.6 Å². The third kappa shape index (κ3) is 4.55. The second kappa shape index (κ2) is 8.72. The van der Waals surface area contributed by atoms with Crippen LogP contribution in [-0.4, -0.2) is 38.1 Å². The highest BCUT2D eigenvalue weighted by atomic mass is 16.5. The van der Waals surface area contributed by atoms with Gasteiger partial charge in [-0.25, -0.2) is 0 Å². The molecule has 0 radical (unpaired) electrons. The van der Waals surface area contributed by atoms with Crippen LogP contribution in [0.2, 0.25) is 0 Å². The Labute approximate surface area is 154 Å². The summed E-state index contributed by atoms with van der Waals surface area (Å²) in [4.78, 5) is 15.0. The van der Waals surface area contributed by atoms with Gasteiger partial charge in [-0.05, 0) is 55.3 Å². The fourth-order valence-electron chi connectivity index (χ4n) is 3.23. The first kappa shape index (κ1) is 18.3. The first-order valence-corrected chi connectivity index (χ1v) is 9.00. The molecule has 0 aliphatic carbocycles. The molecule has 0 spiro atoms. The van der Waals surface area contributed by atoms with Crippen molar-refractivity contribution in [3.8, 4) is 11.5 Å². The Morgan fingerprint density at radius 3 is 2.35 bits per heavy atom. The molecule has 0 atom stereocenters. The number of hydrogen-bond acceptors (Lipinski definition) is 4. The highest BCUT2D eigenvalue weighted by Crippen LogP contribution is 2.24. The minimum absolute atomic E-state index is 0.179. The fourth-order valence-corrected chi connectivity index (χ4v) is 3.23. The summed E-state index contributed by atoms with van der Waals surface area (Å²) in [6.07, 6.45) is 2.61. The average molecular weight is 354 g/mol. The van der Waals surface area contributed by atoms with E-state index >= 15 is 0 Å². The van der Waals surface area contributed by atoms with Gasteiger partial charge in [0.25, 0.3) is 5.91 Å². The largest absolute Gasteiger partial charge is 0.497 e. The van der Waals surface area contributed by atoms with Crippen molar-refractivity contribution >= 4 is 5.91 Å². The summed E-state index contributed by atoms with van der Waals surface area (Å²) in [5, 5.41) is 2.95. The molecule has 0 unspecified atom stereocenters. The van der Waals surface area contributed by atoms with E-state index in [2.05, 4.69) is 34.5 Å². The van der Waals surface area contributed by atoms with Crippen molar-refractivity contribution in [1.82, 2.24) is 10.2 Å². The van der Waals surface area contributed by atoms with E-state index in [-0.39, 0.29) is 5.91 Å². The molecule has 0 saturated carbocycles. The van der Waals surface area contributed by atoms with Gasteiger partial charge in [-0.3, -0.25) is 9.69 Å². The van der Waals surface area contributed by atoms with E-state index in [9.17, 15) is 4.79 Å². The van der Waals surface area contributed by atoms with Crippen molar-refractivity contribution in [3.05, 3.63) is 59.2 Å². The van der Waals surface area contributed by atoms with Crippen LogP contribution in [0.4, 0.5) is 0 Å². The molecule has 1 N–H and O–H groups in total. The number of hydrogen-bond donors (Lipinski definition) is 1. The average Bonchev–Trinajstić information content (AvgIpc) is 3.19. The predicted molar refractivity (Wildman–Crippen MR) is 102 cm³/mol. The van der Waals surface area contributed by atoms with Gasteiger partial charge in [0, 0.05) is 13.1 Å². The van der Waals surface area contributed by atoms with Gasteiger partial charge in [-0.1, -0.05) is 24.3 Å². The minimum Gasteiger partial charge on any atom is -0.497 e. The number of nitrogens with zero attached hydrogens (tertiary/aromatic N) is 1.